The number of allylic oxidation sites excluding steroid dienone is 1. The van der Waals surface area contributed by atoms with Crippen LogP contribution in [-0.4, -0.2) is 29.7 Å². The van der Waals surface area contributed by atoms with Gasteiger partial charge in [-0.1, -0.05) is 38.8 Å². The Morgan fingerprint density at radius 2 is 1.77 bits per heavy atom. The Bertz CT molecular complexity index is 779. The molecule has 3 nitrogen and oxygen atoms in total. The van der Waals surface area contributed by atoms with Crippen molar-refractivity contribution in [2.45, 2.75) is 110 Å². The van der Waals surface area contributed by atoms with Crippen LogP contribution in [0.1, 0.15) is 92.4 Å². The summed E-state index contributed by atoms with van der Waals surface area (Å²) in [5.74, 6) is 3.91. The average Bonchev–Trinajstić information content (AvgIpc) is 3.17. The van der Waals surface area contributed by atoms with Crippen molar-refractivity contribution in [1.29, 1.82) is 0 Å². The highest BCUT2D eigenvalue weighted by atomic mass is 16.7. The molecule has 2 heterocycles. The van der Waals surface area contributed by atoms with Crippen LogP contribution in [0.2, 0.25) is 0 Å². The summed E-state index contributed by atoms with van der Waals surface area (Å²) in [5, 5.41) is 10.4. The molecule has 6 aliphatic rings. The lowest BCUT2D eigenvalue weighted by Gasteiger charge is -2.59. The van der Waals surface area contributed by atoms with Crippen LogP contribution < -0.4 is 0 Å². The zero-order valence-corrected chi connectivity index (χ0v) is 20.5. The van der Waals surface area contributed by atoms with Crippen LogP contribution >= 0.6 is 0 Å². The second kappa shape index (κ2) is 6.83. The first kappa shape index (κ1) is 21.2. The quantitative estimate of drug-likeness (QED) is 0.474. The van der Waals surface area contributed by atoms with E-state index in [1.807, 2.05) is 0 Å². The molecule has 3 heteroatoms. The van der Waals surface area contributed by atoms with E-state index in [0.717, 1.165) is 43.6 Å². The van der Waals surface area contributed by atoms with E-state index in [1.165, 1.54) is 38.5 Å². The van der Waals surface area contributed by atoms with Crippen LogP contribution in [0.4, 0.5) is 0 Å². The number of aliphatic hydroxyl groups excluding tert-OH is 1. The minimum atomic E-state index is -0.298. The zero-order valence-electron chi connectivity index (χ0n) is 20.5. The van der Waals surface area contributed by atoms with Gasteiger partial charge < -0.3 is 14.6 Å². The molecule has 1 unspecified atom stereocenters. The van der Waals surface area contributed by atoms with Crippen LogP contribution in [0.15, 0.2) is 11.1 Å². The second-order valence-electron chi connectivity index (χ2n) is 13.2. The van der Waals surface area contributed by atoms with Crippen LogP contribution in [0, 0.1) is 46.3 Å². The maximum atomic E-state index is 10.4. The maximum absolute atomic E-state index is 10.4. The van der Waals surface area contributed by atoms with E-state index in [4.69, 9.17) is 9.47 Å². The molecular weight excluding hydrogens is 384 g/mol. The molecule has 11 atom stereocenters. The molecule has 2 aliphatic heterocycles. The molecule has 3 saturated carbocycles. The van der Waals surface area contributed by atoms with Crippen molar-refractivity contribution >= 4 is 0 Å². The molecule has 4 aliphatic carbocycles. The molecule has 0 radical (unpaired) electrons. The summed E-state index contributed by atoms with van der Waals surface area (Å²) in [6.45, 7) is 13.2. The fraction of sp³-hybridized carbons (Fsp3) is 0.929. The summed E-state index contributed by atoms with van der Waals surface area (Å²) in [6, 6.07) is 0. The Balaban J connectivity index is 1.30. The van der Waals surface area contributed by atoms with Crippen molar-refractivity contribution in [2.24, 2.45) is 46.3 Å². The molecule has 174 valence electrons. The zero-order chi connectivity index (χ0) is 21.8. The number of ether oxygens (including phenoxy) is 2. The second-order valence-corrected chi connectivity index (χ2v) is 13.2. The van der Waals surface area contributed by atoms with Gasteiger partial charge in [-0.15, -0.1) is 0 Å². The lowest BCUT2D eigenvalue weighted by molar-refractivity contribution is -0.272. The lowest BCUT2D eigenvalue weighted by atomic mass is 9.46. The number of hydrogen-bond donors (Lipinski definition) is 1. The van der Waals surface area contributed by atoms with Crippen LogP contribution in [0.5, 0.6) is 0 Å². The van der Waals surface area contributed by atoms with E-state index in [1.54, 1.807) is 11.1 Å². The van der Waals surface area contributed by atoms with Crippen molar-refractivity contribution < 1.29 is 14.6 Å². The summed E-state index contributed by atoms with van der Waals surface area (Å²) >= 11 is 0. The van der Waals surface area contributed by atoms with Gasteiger partial charge in [0.15, 0.2) is 5.79 Å². The van der Waals surface area contributed by atoms with E-state index in [2.05, 4.69) is 34.6 Å². The monoisotopic (exact) mass is 428 g/mol. The van der Waals surface area contributed by atoms with Gasteiger partial charge in [0, 0.05) is 12.3 Å². The lowest BCUT2D eigenvalue weighted by Crippen LogP contribution is -2.53. The largest absolute Gasteiger partial charge is 0.393 e. The first-order valence-corrected chi connectivity index (χ1v) is 13.4. The van der Waals surface area contributed by atoms with Gasteiger partial charge in [-0.25, -0.2) is 0 Å². The maximum Gasteiger partial charge on any atom is 0.171 e. The molecule has 31 heavy (non-hydrogen) atoms. The molecule has 2 saturated heterocycles. The van der Waals surface area contributed by atoms with E-state index >= 15 is 0 Å². The summed E-state index contributed by atoms with van der Waals surface area (Å²) in [4.78, 5) is 0. The first-order chi connectivity index (χ1) is 14.7. The third-order valence-corrected chi connectivity index (χ3v) is 11.7. The highest BCUT2D eigenvalue weighted by Crippen LogP contribution is 2.71. The van der Waals surface area contributed by atoms with Gasteiger partial charge in [0.2, 0.25) is 0 Å². The van der Waals surface area contributed by atoms with E-state index in [-0.39, 0.29) is 11.9 Å². The van der Waals surface area contributed by atoms with Crippen molar-refractivity contribution in [3.8, 4) is 0 Å². The Morgan fingerprint density at radius 3 is 2.52 bits per heavy atom. The van der Waals surface area contributed by atoms with E-state index in [9.17, 15) is 5.11 Å². The minimum absolute atomic E-state index is 0.113. The Kier molecular flexibility index (Phi) is 4.66. The van der Waals surface area contributed by atoms with E-state index in [0.29, 0.717) is 34.7 Å². The standard InChI is InChI=1S/C28H44O3/c1-16-6-11-28(30-15-16)18(3)25-24(31-28)14-23-20-12-17(2)22-13-19(29)7-9-26(22,4)21(20)8-10-27(23,25)5/h16,18-21,23-25,29H,6-15H2,1-5H3/t16-,18+,19+,20-,21+,23+,24+,25+,26-,27+,28?/m1/s1. The molecule has 0 aromatic heterocycles. The first-order valence-electron chi connectivity index (χ1n) is 13.4. The van der Waals surface area contributed by atoms with Crippen molar-refractivity contribution in [3.63, 3.8) is 0 Å². The van der Waals surface area contributed by atoms with Gasteiger partial charge in [0.1, 0.15) is 0 Å². The summed E-state index contributed by atoms with van der Waals surface area (Å²) in [7, 11) is 0. The fourth-order valence-electron chi connectivity index (χ4n) is 10.1. The molecule has 0 amide bonds. The Labute approximate surface area is 189 Å². The van der Waals surface area contributed by atoms with Crippen molar-refractivity contribution in [3.05, 3.63) is 11.1 Å². The van der Waals surface area contributed by atoms with Crippen LogP contribution in [0.25, 0.3) is 0 Å². The Morgan fingerprint density at radius 1 is 0.968 bits per heavy atom. The number of rotatable bonds is 0. The molecule has 1 N–H and O–H groups in total. The molecule has 0 aromatic rings. The van der Waals surface area contributed by atoms with Crippen LogP contribution in [0.3, 0.4) is 0 Å². The van der Waals surface area contributed by atoms with Crippen molar-refractivity contribution in [1.82, 2.24) is 0 Å². The van der Waals surface area contributed by atoms with Gasteiger partial charge >= 0.3 is 0 Å². The summed E-state index contributed by atoms with van der Waals surface area (Å²) < 4.78 is 13.4. The summed E-state index contributed by atoms with van der Waals surface area (Å²) in [5.41, 5.74) is 3.95. The number of aliphatic hydroxyl groups is 1. The van der Waals surface area contributed by atoms with Crippen molar-refractivity contribution in [2.75, 3.05) is 6.61 Å². The highest BCUT2D eigenvalue weighted by molar-refractivity contribution is 5.31. The van der Waals surface area contributed by atoms with Gasteiger partial charge in [-0.05, 0) is 98.7 Å². The predicted molar refractivity (Wildman–Crippen MR) is 122 cm³/mol. The molecule has 0 bridgehead atoms. The SMILES string of the molecule is CC1=C2C[C@@H](O)CC[C@]2(C)[C@H]2CC[C@]3(C)[C@@H]4[C@H](C[C@H]3[C@@H]2C1)OC1(CC[C@@H](C)CO1)[C@H]4C. The molecule has 0 aromatic carbocycles. The third-order valence-electron chi connectivity index (χ3n) is 11.7. The average molecular weight is 429 g/mol. The Hall–Kier alpha value is -0.380. The number of hydrogen-bond acceptors (Lipinski definition) is 3. The van der Waals surface area contributed by atoms with Gasteiger partial charge in [-0.3, -0.25) is 0 Å². The molecule has 6 rings (SSSR count). The molecule has 1 spiro atoms. The summed E-state index contributed by atoms with van der Waals surface area (Å²) in [6.07, 6.45) is 10.9. The van der Waals surface area contributed by atoms with E-state index < -0.39 is 0 Å². The highest BCUT2D eigenvalue weighted by Gasteiger charge is 2.68. The van der Waals surface area contributed by atoms with Gasteiger partial charge in [0.05, 0.1) is 18.8 Å². The van der Waals surface area contributed by atoms with Gasteiger partial charge in [-0.2, -0.15) is 0 Å². The molecular formula is C28H44O3. The number of fused-ring (bicyclic) bond motifs is 7. The molecule has 5 fully saturated rings. The third kappa shape index (κ3) is 2.75. The van der Waals surface area contributed by atoms with Crippen LogP contribution in [-0.2, 0) is 9.47 Å². The minimum Gasteiger partial charge on any atom is -0.393 e. The van der Waals surface area contributed by atoms with Gasteiger partial charge in [0.25, 0.3) is 0 Å². The fourth-order valence-corrected chi connectivity index (χ4v) is 10.1. The topological polar surface area (TPSA) is 38.7 Å². The predicted octanol–water partition coefficient (Wildman–Crippen LogP) is 6.10. The smallest absolute Gasteiger partial charge is 0.171 e. The normalized spacial score (nSPS) is 58.6.